The van der Waals surface area contributed by atoms with E-state index in [2.05, 4.69) is 15.9 Å². The summed E-state index contributed by atoms with van der Waals surface area (Å²) in [5.41, 5.74) is 0.688. The summed E-state index contributed by atoms with van der Waals surface area (Å²) in [7, 11) is 0. The van der Waals surface area contributed by atoms with E-state index in [1.807, 2.05) is 95.7 Å². The van der Waals surface area contributed by atoms with E-state index in [9.17, 15) is 4.79 Å². The smallest absolute Gasteiger partial charge is 0.381 e. The van der Waals surface area contributed by atoms with Crippen LogP contribution in [0.1, 0.15) is 10.4 Å². The number of ether oxygens (including phenoxy) is 1. The van der Waals surface area contributed by atoms with Crippen molar-refractivity contribution in [1.29, 1.82) is 0 Å². The first kappa shape index (κ1) is 17.4. The van der Waals surface area contributed by atoms with Gasteiger partial charge in [0.25, 0.3) is 0 Å². The van der Waals surface area contributed by atoms with E-state index in [4.69, 9.17) is 4.74 Å². The molecule has 1 aromatic heterocycles. The van der Waals surface area contributed by atoms with Gasteiger partial charge in [-0.1, -0.05) is 64.5 Å². The summed E-state index contributed by atoms with van der Waals surface area (Å²) in [6.45, 7) is 0.209. The highest BCUT2D eigenvalue weighted by Crippen LogP contribution is 2.27. The summed E-state index contributed by atoms with van der Waals surface area (Å²) >= 11 is 3.44. The molecule has 1 heterocycles. The Balaban J connectivity index is 1.75. The fraction of sp³-hybridized carbons (Fsp3) is 0.0435. The van der Waals surface area contributed by atoms with Crippen molar-refractivity contribution in [3.05, 3.63) is 101 Å². The maximum atomic E-state index is 12.7. The predicted molar refractivity (Wildman–Crippen MR) is 109 cm³/mol. The number of halogens is 1. The SMILES string of the molecule is O=C(C[n+]1ccc2ccccc2c1Oc1ccc(Br)cc1)c1ccccc1. The van der Waals surface area contributed by atoms with Crippen molar-refractivity contribution >= 4 is 32.5 Å². The average molecular weight is 419 g/mol. The summed E-state index contributed by atoms with van der Waals surface area (Å²) < 4.78 is 9.05. The molecule has 3 nitrogen and oxygen atoms in total. The van der Waals surface area contributed by atoms with Crippen molar-refractivity contribution in [3.63, 3.8) is 0 Å². The summed E-state index contributed by atoms with van der Waals surface area (Å²) in [5.74, 6) is 1.41. The molecule has 4 aromatic rings. The van der Waals surface area contributed by atoms with E-state index in [0.717, 1.165) is 21.0 Å². The zero-order valence-corrected chi connectivity index (χ0v) is 16.1. The molecule has 0 unspecified atom stereocenters. The van der Waals surface area contributed by atoms with Gasteiger partial charge in [0.15, 0.2) is 6.20 Å². The van der Waals surface area contributed by atoms with E-state index >= 15 is 0 Å². The van der Waals surface area contributed by atoms with E-state index in [-0.39, 0.29) is 12.3 Å². The van der Waals surface area contributed by atoms with Gasteiger partial charge in [-0.2, -0.15) is 4.57 Å². The number of Topliss-reactive ketones (excluding diaryl/α,β-unsaturated/α-hetero) is 1. The van der Waals surface area contributed by atoms with Gasteiger partial charge in [-0.05, 0) is 35.7 Å². The molecule has 0 N–H and O–H groups in total. The number of pyridine rings is 1. The van der Waals surface area contributed by atoms with Crippen LogP contribution in [0.4, 0.5) is 0 Å². The van der Waals surface area contributed by atoms with Gasteiger partial charge in [0.2, 0.25) is 12.3 Å². The quantitative estimate of drug-likeness (QED) is 0.313. The third-order valence-electron chi connectivity index (χ3n) is 4.32. The van der Waals surface area contributed by atoms with E-state index < -0.39 is 0 Å². The third kappa shape index (κ3) is 3.91. The normalized spacial score (nSPS) is 10.7. The Kier molecular flexibility index (Phi) is 4.99. The molecule has 4 rings (SSSR count). The Morgan fingerprint density at radius 1 is 0.852 bits per heavy atom. The van der Waals surface area contributed by atoms with Crippen LogP contribution in [0.15, 0.2) is 95.6 Å². The summed E-state index contributed by atoms with van der Waals surface area (Å²) in [6.07, 6.45) is 1.90. The lowest BCUT2D eigenvalue weighted by Gasteiger charge is -2.09. The first-order chi connectivity index (χ1) is 13.2. The number of carbonyl (C=O) groups excluding carboxylic acids is 1. The van der Waals surface area contributed by atoms with Crippen LogP contribution >= 0.6 is 15.9 Å². The molecule has 0 spiro atoms. The topological polar surface area (TPSA) is 30.2 Å². The Labute approximate surface area is 166 Å². The third-order valence-corrected chi connectivity index (χ3v) is 4.85. The monoisotopic (exact) mass is 418 g/mol. The number of nitrogens with zero attached hydrogens (tertiary/aromatic N) is 1. The second kappa shape index (κ2) is 7.72. The fourth-order valence-electron chi connectivity index (χ4n) is 2.95. The molecule has 0 saturated heterocycles. The van der Waals surface area contributed by atoms with Crippen LogP contribution in [0.5, 0.6) is 11.6 Å². The second-order valence-corrected chi connectivity index (χ2v) is 7.10. The molecule has 27 heavy (non-hydrogen) atoms. The van der Waals surface area contributed by atoms with Crippen molar-refractivity contribution in [2.75, 3.05) is 0 Å². The molecule has 0 aliphatic heterocycles. The van der Waals surface area contributed by atoms with Gasteiger partial charge in [0, 0.05) is 16.1 Å². The molecule has 0 amide bonds. The number of rotatable bonds is 5. The van der Waals surface area contributed by atoms with Crippen molar-refractivity contribution < 1.29 is 14.1 Å². The minimum absolute atomic E-state index is 0.0385. The summed E-state index contributed by atoms with van der Waals surface area (Å²) in [6, 6.07) is 27.0. The predicted octanol–water partition coefficient (Wildman–Crippen LogP) is 5.57. The zero-order chi connectivity index (χ0) is 18.6. The Bertz CT molecular complexity index is 1090. The molecule has 3 aromatic carbocycles. The first-order valence-corrected chi connectivity index (χ1v) is 9.43. The van der Waals surface area contributed by atoms with Crippen LogP contribution in [0.2, 0.25) is 0 Å². The zero-order valence-electron chi connectivity index (χ0n) is 14.5. The molecular formula is C23H17BrNO2+. The van der Waals surface area contributed by atoms with E-state index in [1.165, 1.54) is 0 Å². The van der Waals surface area contributed by atoms with Crippen LogP contribution in [-0.4, -0.2) is 5.78 Å². The maximum absolute atomic E-state index is 12.7. The van der Waals surface area contributed by atoms with Gasteiger partial charge in [0.05, 0.1) is 5.39 Å². The molecule has 0 bridgehead atoms. The fourth-order valence-corrected chi connectivity index (χ4v) is 3.22. The molecule has 0 radical (unpaired) electrons. The van der Waals surface area contributed by atoms with Crippen LogP contribution in [0, 0.1) is 0 Å². The molecule has 4 heteroatoms. The first-order valence-electron chi connectivity index (χ1n) is 8.63. The highest BCUT2D eigenvalue weighted by molar-refractivity contribution is 9.10. The molecule has 0 aliphatic rings. The Morgan fingerprint density at radius 2 is 1.56 bits per heavy atom. The van der Waals surface area contributed by atoms with E-state index in [1.54, 1.807) is 0 Å². The number of aromatic nitrogens is 1. The van der Waals surface area contributed by atoms with Gasteiger partial charge < -0.3 is 4.74 Å². The van der Waals surface area contributed by atoms with Crippen molar-refractivity contribution in [3.8, 4) is 11.6 Å². The van der Waals surface area contributed by atoms with Crippen LogP contribution in [0.25, 0.3) is 10.8 Å². The van der Waals surface area contributed by atoms with Gasteiger partial charge in [-0.25, -0.2) is 0 Å². The standard InChI is InChI=1S/C23H17BrNO2/c24-19-10-12-20(13-11-19)27-23-21-9-5-4-6-17(21)14-15-25(23)16-22(26)18-7-2-1-3-8-18/h1-15H,16H2/q+1. The van der Waals surface area contributed by atoms with Gasteiger partial charge in [-0.15, -0.1) is 0 Å². The number of carbonyl (C=O) groups is 1. The number of hydrogen-bond donors (Lipinski definition) is 0. The number of fused-ring (bicyclic) bond motifs is 1. The number of hydrogen-bond acceptors (Lipinski definition) is 2. The lowest BCUT2D eigenvalue weighted by Crippen LogP contribution is -2.39. The molecule has 0 fully saturated rings. The van der Waals surface area contributed by atoms with Crippen molar-refractivity contribution in [2.45, 2.75) is 6.54 Å². The second-order valence-electron chi connectivity index (χ2n) is 6.18. The number of benzene rings is 3. The minimum atomic E-state index is 0.0385. The van der Waals surface area contributed by atoms with E-state index in [0.29, 0.717) is 11.4 Å². The molecule has 0 saturated carbocycles. The Morgan fingerprint density at radius 3 is 2.33 bits per heavy atom. The van der Waals surface area contributed by atoms with Crippen molar-refractivity contribution in [2.24, 2.45) is 0 Å². The number of ketones is 1. The molecule has 0 atom stereocenters. The van der Waals surface area contributed by atoms with Gasteiger partial charge in [-0.3, -0.25) is 4.79 Å². The van der Waals surface area contributed by atoms with Crippen molar-refractivity contribution in [1.82, 2.24) is 0 Å². The molecule has 132 valence electrons. The lowest BCUT2D eigenvalue weighted by molar-refractivity contribution is -0.685. The summed E-state index contributed by atoms with van der Waals surface area (Å²) in [5, 5.41) is 2.02. The van der Waals surface area contributed by atoms with Gasteiger partial charge in [0.1, 0.15) is 5.75 Å². The largest absolute Gasteiger partial charge is 0.405 e. The molecule has 0 aliphatic carbocycles. The maximum Gasteiger partial charge on any atom is 0.381 e. The minimum Gasteiger partial charge on any atom is -0.405 e. The van der Waals surface area contributed by atoms with Crippen LogP contribution < -0.4 is 9.30 Å². The average Bonchev–Trinajstić information content (AvgIpc) is 2.72. The lowest BCUT2D eigenvalue weighted by atomic mass is 10.1. The van der Waals surface area contributed by atoms with Crippen LogP contribution in [0.3, 0.4) is 0 Å². The van der Waals surface area contributed by atoms with Gasteiger partial charge >= 0.3 is 5.88 Å². The highest BCUT2D eigenvalue weighted by Gasteiger charge is 2.21. The highest BCUT2D eigenvalue weighted by atomic mass is 79.9. The van der Waals surface area contributed by atoms with Crippen LogP contribution in [-0.2, 0) is 6.54 Å². The molecular weight excluding hydrogens is 402 g/mol. The Hall–Kier alpha value is -2.98. The summed E-state index contributed by atoms with van der Waals surface area (Å²) in [4.78, 5) is 12.7.